The van der Waals surface area contributed by atoms with E-state index in [0.29, 0.717) is 22.8 Å². The lowest BCUT2D eigenvalue weighted by Crippen LogP contribution is -2.47. The smallest absolute Gasteiger partial charge is 0.279 e. The lowest BCUT2D eigenvalue weighted by atomic mass is 10.2. The predicted molar refractivity (Wildman–Crippen MR) is 96.4 cm³/mol. The molecule has 138 valence electrons. The molecule has 0 aliphatic carbocycles. The van der Waals surface area contributed by atoms with E-state index in [1.54, 1.807) is 31.2 Å². The summed E-state index contributed by atoms with van der Waals surface area (Å²) in [5.41, 5.74) is 6.10. The third-order valence-corrected chi connectivity index (χ3v) is 3.65. The first-order valence-electron chi connectivity index (χ1n) is 8.00. The molecule has 0 saturated heterocycles. The number of nitrogens with one attached hydrogen (secondary N) is 2. The van der Waals surface area contributed by atoms with Gasteiger partial charge in [0.1, 0.15) is 5.75 Å². The molecule has 2 amide bonds. The van der Waals surface area contributed by atoms with E-state index in [9.17, 15) is 9.59 Å². The van der Waals surface area contributed by atoms with Crippen molar-refractivity contribution in [3.05, 3.63) is 53.6 Å². The van der Waals surface area contributed by atoms with Crippen LogP contribution in [0.2, 0.25) is 0 Å². The molecule has 0 heterocycles. The Morgan fingerprint density at radius 1 is 0.923 bits per heavy atom. The van der Waals surface area contributed by atoms with Gasteiger partial charge in [-0.05, 0) is 44.2 Å². The Labute approximate surface area is 152 Å². The summed E-state index contributed by atoms with van der Waals surface area (Å²) in [6.45, 7) is 3.56. The maximum absolute atomic E-state index is 12.2. The van der Waals surface area contributed by atoms with Crippen LogP contribution in [0.25, 0.3) is 0 Å². The molecular formula is C19H22N2O5. The van der Waals surface area contributed by atoms with Crippen LogP contribution in [-0.2, 0) is 4.79 Å². The van der Waals surface area contributed by atoms with Gasteiger partial charge in [-0.3, -0.25) is 20.4 Å². The van der Waals surface area contributed by atoms with Gasteiger partial charge in [0, 0.05) is 5.56 Å². The molecule has 0 fully saturated rings. The fourth-order valence-corrected chi connectivity index (χ4v) is 2.14. The van der Waals surface area contributed by atoms with Gasteiger partial charge >= 0.3 is 0 Å². The molecule has 2 aromatic rings. The molecule has 7 nitrogen and oxygen atoms in total. The number of benzene rings is 2. The Hall–Kier alpha value is -3.22. The van der Waals surface area contributed by atoms with Gasteiger partial charge in [0.25, 0.3) is 11.8 Å². The Morgan fingerprint density at radius 2 is 1.58 bits per heavy atom. The van der Waals surface area contributed by atoms with Crippen molar-refractivity contribution in [3.63, 3.8) is 0 Å². The van der Waals surface area contributed by atoms with E-state index in [-0.39, 0.29) is 0 Å². The second-order valence-electron chi connectivity index (χ2n) is 5.59. The van der Waals surface area contributed by atoms with Crippen LogP contribution in [0.1, 0.15) is 22.8 Å². The number of carbonyl (C=O) groups excluding carboxylic acids is 2. The lowest BCUT2D eigenvalue weighted by Gasteiger charge is -2.15. The fourth-order valence-electron chi connectivity index (χ4n) is 2.14. The molecule has 2 aromatic carbocycles. The van der Waals surface area contributed by atoms with E-state index >= 15 is 0 Å². The standard InChI is InChI=1S/C19H22N2O5/c1-12-5-8-15(9-6-12)26-13(2)18(22)20-21-19(23)14-7-10-16(24-3)17(11-14)25-4/h5-11,13H,1-4H3,(H,20,22)(H,21,23). The topological polar surface area (TPSA) is 85.9 Å². The number of carbonyl (C=O) groups is 2. The number of ether oxygens (including phenoxy) is 3. The Morgan fingerprint density at radius 3 is 2.19 bits per heavy atom. The molecule has 1 unspecified atom stereocenters. The van der Waals surface area contributed by atoms with Gasteiger partial charge in [-0.1, -0.05) is 17.7 Å². The van der Waals surface area contributed by atoms with Crippen LogP contribution in [0.3, 0.4) is 0 Å². The normalized spacial score (nSPS) is 11.2. The minimum atomic E-state index is -0.775. The predicted octanol–water partition coefficient (Wildman–Crippen LogP) is 2.24. The van der Waals surface area contributed by atoms with Gasteiger partial charge in [0.15, 0.2) is 17.6 Å². The largest absolute Gasteiger partial charge is 0.493 e. The third-order valence-electron chi connectivity index (χ3n) is 3.65. The number of methoxy groups -OCH3 is 2. The average Bonchev–Trinajstić information content (AvgIpc) is 2.66. The van der Waals surface area contributed by atoms with E-state index < -0.39 is 17.9 Å². The number of hydrogen-bond acceptors (Lipinski definition) is 5. The zero-order chi connectivity index (χ0) is 19.1. The van der Waals surface area contributed by atoms with Gasteiger partial charge in [-0.25, -0.2) is 0 Å². The second-order valence-corrected chi connectivity index (χ2v) is 5.59. The quantitative estimate of drug-likeness (QED) is 0.774. The fraction of sp³-hybridized carbons (Fsp3) is 0.263. The van der Waals surface area contributed by atoms with Gasteiger partial charge in [-0.2, -0.15) is 0 Å². The average molecular weight is 358 g/mol. The van der Waals surface area contributed by atoms with Crippen LogP contribution in [0.15, 0.2) is 42.5 Å². The minimum absolute atomic E-state index is 0.315. The number of amides is 2. The highest BCUT2D eigenvalue weighted by molar-refractivity contribution is 5.96. The van der Waals surface area contributed by atoms with Crippen LogP contribution >= 0.6 is 0 Å². The van der Waals surface area contributed by atoms with Crippen molar-refractivity contribution in [2.75, 3.05) is 14.2 Å². The van der Waals surface area contributed by atoms with Gasteiger partial charge in [-0.15, -0.1) is 0 Å². The van der Waals surface area contributed by atoms with Crippen molar-refractivity contribution in [3.8, 4) is 17.2 Å². The van der Waals surface area contributed by atoms with E-state index in [0.717, 1.165) is 5.56 Å². The first-order valence-corrected chi connectivity index (χ1v) is 8.00. The van der Waals surface area contributed by atoms with Gasteiger partial charge in [0.05, 0.1) is 14.2 Å². The van der Waals surface area contributed by atoms with Crippen LogP contribution in [0.5, 0.6) is 17.2 Å². The molecule has 2 rings (SSSR count). The van der Waals surface area contributed by atoms with Crippen molar-refractivity contribution in [2.45, 2.75) is 20.0 Å². The molecule has 0 saturated carbocycles. The molecule has 0 aliphatic rings. The number of rotatable bonds is 6. The van der Waals surface area contributed by atoms with Gasteiger partial charge < -0.3 is 14.2 Å². The maximum atomic E-state index is 12.2. The van der Waals surface area contributed by atoms with E-state index in [1.807, 2.05) is 19.1 Å². The minimum Gasteiger partial charge on any atom is -0.493 e. The van der Waals surface area contributed by atoms with Crippen LogP contribution in [-0.4, -0.2) is 32.1 Å². The molecular weight excluding hydrogens is 336 g/mol. The van der Waals surface area contributed by atoms with Crippen LogP contribution in [0, 0.1) is 6.92 Å². The third kappa shape index (κ3) is 4.89. The molecule has 0 radical (unpaired) electrons. The summed E-state index contributed by atoms with van der Waals surface area (Å²) in [6, 6.07) is 12.0. The second kappa shape index (κ2) is 8.75. The van der Waals surface area contributed by atoms with Gasteiger partial charge in [0.2, 0.25) is 0 Å². The first-order chi connectivity index (χ1) is 12.4. The van der Waals surface area contributed by atoms with Crippen LogP contribution < -0.4 is 25.1 Å². The Balaban J connectivity index is 1.91. The summed E-state index contributed by atoms with van der Waals surface area (Å²) in [6.07, 6.45) is -0.775. The van der Waals surface area contributed by atoms with Crippen molar-refractivity contribution in [1.29, 1.82) is 0 Å². The zero-order valence-electron chi connectivity index (χ0n) is 15.2. The SMILES string of the molecule is COc1ccc(C(=O)NNC(=O)C(C)Oc2ccc(C)cc2)cc1OC. The molecule has 2 N–H and O–H groups in total. The lowest BCUT2D eigenvalue weighted by molar-refractivity contribution is -0.128. The number of hydrogen-bond donors (Lipinski definition) is 2. The molecule has 0 bridgehead atoms. The molecule has 0 aromatic heterocycles. The molecule has 0 aliphatic heterocycles. The molecule has 1 atom stereocenters. The summed E-state index contributed by atoms with van der Waals surface area (Å²) in [5, 5.41) is 0. The Kier molecular flexibility index (Phi) is 6.43. The van der Waals surface area contributed by atoms with Crippen molar-refractivity contribution in [1.82, 2.24) is 10.9 Å². The van der Waals surface area contributed by atoms with Crippen molar-refractivity contribution in [2.24, 2.45) is 0 Å². The summed E-state index contributed by atoms with van der Waals surface area (Å²) in [7, 11) is 2.98. The number of hydrazine groups is 1. The van der Waals surface area contributed by atoms with Crippen molar-refractivity contribution >= 4 is 11.8 Å². The molecule has 7 heteroatoms. The summed E-state index contributed by atoms with van der Waals surface area (Å²) < 4.78 is 15.8. The Bertz CT molecular complexity index is 774. The molecule has 26 heavy (non-hydrogen) atoms. The first kappa shape index (κ1) is 19.1. The highest BCUT2D eigenvalue weighted by atomic mass is 16.5. The highest BCUT2D eigenvalue weighted by Crippen LogP contribution is 2.27. The van der Waals surface area contributed by atoms with Crippen molar-refractivity contribution < 1.29 is 23.8 Å². The zero-order valence-corrected chi connectivity index (χ0v) is 15.2. The monoisotopic (exact) mass is 358 g/mol. The summed E-state index contributed by atoms with van der Waals surface area (Å²) in [5.74, 6) is 0.543. The maximum Gasteiger partial charge on any atom is 0.279 e. The van der Waals surface area contributed by atoms with E-state index in [1.165, 1.54) is 20.3 Å². The number of aryl methyl sites for hydroxylation is 1. The van der Waals surface area contributed by atoms with E-state index in [4.69, 9.17) is 14.2 Å². The van der Waals surface area contributed by atoms with Crippen LogP contribution in [0.4, 0.5) is 0 Å². The summed E-state index contributed by atoms with van der Waals surface area (Å²) >= 11 is 0. The summed E-state index contributed by atoms with van der Waals surface area (Å²) in [4.78, 5) is 24.3. The molecule has 0 spiro atoms. The van der Waals surface area contributed by atoms with E-state index in [2.05, 4.69) is 10.9 Å². The highest BCUT2D eigenvalue weighted by Gasteiger charge is 2.16.